The van der Waals surface area contributed by atoms with Crippen molar-refractivity contribution >= 4 is 17.6 Å². The number of aliphatic hydroxyl groups excluding tert-OH is 1. The summed E-state index contributed by atoms with van der Waals surface area (Å²) in [6.07, 6.45) is 7.00. The van der Waals surface area contributed by atoms with Crippen LogP contribution in [0.3, 0.4) is 0 Å². The first-order valence-electron chi connectivity index (χ1n) is 15.4. The minimum atomic E-state index is -0.908. The van der Waals surface area contributed by atoms with Crippen LogP contribution in [0.25, 0.3) is 5.65 Å². The number of aliphatic hydroxyl groups is 1. The Morgan fingerprint density at radius 3 is 2.56 bits per heavy atom. The van der Waals surface area contributed by atoms with Crippen molar-refractivity contribution in [3.63, 3.8) is 0 Å². The van der Waals surface area contributed by atoms with Crippen molar-refractivity contribution in [3.8, 4) is 5.75 Å². The third-order valence-corrected chi connectivity index (χ3v) is 8.55. The summed E-state index contributed by atoms with van der Waals surface area (Å²) in [6, 6.07) is 13.8. The van der Waals surface area contributed by atoms with E-state index in [2.05, 4.69) is 27.8 Å². The van der Waals surface area contributed by atoms with Gasteiger partial charge in [-0.05, 0) is 69.9 Å². The average molecular weight is 592 g/mol. The lowest BCUT2D eigenvalue weighted by molar-refractivity contribution is -0.121. The van der Waals surface area contributed by atoms with E-state index in [1.165, 1.54) is 12.0 Å². The molecule has 10 heteroatoms. The molecule has 5 rings (SSSR count). The number of nitrogens with zero attached hydrogens (tertiary/aromatic N) is 3. The lowest BCUT2D eigenvalue weighted by Crippen LogP contribution is -2.41. The van der Waals surface area contributed by atoms with Gasteiger partial charge in [0, 0.05) is 37.3 Å². The molecule has 2 atom stereocenters. The van der Waals surface area contributed by atoms with Crippen LogP contribution >= 0.6 is 0 Å². The first-order valence-corrected chi connectivity index (χ1v) is 15.4. The Balaban J connectivity index is 1.21. The van der Waals surface area contributed by atoms with Crippen molar-refractivity contribution in [1.29, 1.82) is 0 Å². The standard InChI is InChI=1S/C33H45N5O5/c1-32(2,3)43-31(41)37-18-15-24(20-37)36-29(39)19-25-21-38-27(9-8-10-28(38)35-25)30(40)34-22-33(16-6-5-7-17-33)23-11-13-26(42-4)14-12-23/h8-14,21,24,30,34,40H,5-7,15-20,22H2,1-4H3,(H,36,39)/t24-,30?/m1/s1. The number of carbonyl (C=O) groups is 2. The smallest absolute Gasteiger partial charge is 0.410 e. The van der Waals surface area contributed by atoms with E-state index in [4.69, 9.17) is 9.47 Å². The van der Waals surface area contributed by atoms with Gasteiger partial charge in [0.2, 0.25) is 5.91 Å². The van der Waals surface area contributed by atoms with Gasteiger partial charge in [-0.2, -0.15) is 0 Å². The summed E-state index contributed by atoms with van der Waals surface area (Å²) in [6.45, 7) is 7.12. The number of methoxy groups -OCH3 is 1. The summed E-state index contributed by atoms with van der Waals surface area (Å²) in [4.78, 5) is 31.5. The molecular formula is C33H45N5O5. The number of amides is 2. The fourth-order valence-electron chi connectivity index (χ4n) is 6.34. The van der Waals surface area contributed by atoms with Gasteiger partial charge in [-0.1, -0.05) is 37.5 Å². The van der Waals surface area contributed by atoms with E-state index < -0.39 is 11.8 Å². The zero-order valence-electron chi connectivity index (χ0n) is 25.8. The Hall–Kier alpha value is -3.63. The van der Waals surface area contributed by atoms with E-state index in [9.17, 15) is 14.7 Å². The fraction of sp³-hybridized carbons (Fsp3) is 0.545. The monoisotopic (exact) mass is 591 g/mol. The van der Waals surface area contributed by atoms with Crippen LogP contribution in [-0.4, -0.2) is 69.8 Å². The average Bonchev–Trinajstić information content (AvgIpc) is 3.62. The topological polar surface area (TPSA) is 117 Å². The SMILES string of the molecule is COc1ccc(C2(CNC(O)c3cccc4nc(CC(=O)N[C@@H]5CCN(C(=O)OC(C)(C)C)C5)cn34)CCCCC2)cc1. The highest BCUT2D eigenvalue weighted by Crippen LogP contribution is 2.40. The number of ether oxygens (including phenoxy) is 2. The number of pyridine rings is 1. The summed E-state index contributed by atoms with van der Waals surface area (Å²) < 4.78 is 12.7. The molecule has 0 spiro atoms. The molecule has 1 aliphatic heterocycles. The van der Waals surface area contributed by atoms with Crippen molar-refractivity contribution in [3.05, 3.63) is 65.6 Å². The number of nitrogens with one attached hydrogen (secondary N) is 2. The van der Waals surface area contributed by atoms with Gasteiger partial charge in [0.15, 0.2) is 0 Å². The van der Waals surface area contributed by atoms with Crippen LogP contribution in [0.4, 0.5) is 4.79 Å². The van der Waals surface area contributed by atoms with Crippen LogP contribution < -0.4 is 15.4 Å². The maximum absolute atomic E-state index is 12.9. The number of fused-ring (bicyclic) bond motifs is 1. The maximum atomic E-state index is 12.9. The summed E-state index contributed by atoms with van der Waals surface area (Å²) in [5.74, 6) is 0.684. The van der Waals surface area contributed by atoms with Gasteiger partial charge in [0.05, 0.1) is 24.9 Å². The lowest BCUT2D eigenvalue weighted by Gasteiger charge is -2.39. The number of hydrogen-bond donors (Lipinski definition) is 3. The number of rotatable bonds is 9. The molecule has 1 saturated carbocycles. The molecule has 1 aliphatic carbocycles. The second-order valence-electron chi connectivity index (χ2n) is 12.9. The zero-order chi connectivity index (χ0) is 30.6. The number of benzene rings is 1. The van der Waals surface area contributed by atoms with E-state index in [0.717, 1.165) is 31.4 Å². The van der Waals surface area contributed by atoms with E-state index in [1.807, 2.05) is 61.7 Å². The molecule has 1 aromatic carbocycles. The molecule has 3 N–H and O–H groups in total. The van der Waals surface area contributed by atoms with E-state index in [1.54, 1.807) is 12.0 Å². The third-order valence-electron chi connectivity index (χ3n) is 8.55. The van der Waals surface area contributed by atoms with Crippen LogP contribution in [0.2, 0.25) is 0 Å². The molecule has 3 heterocycles. The molecule has 232 valence electrons. The molecule has 2 aromatic heterocycles. The number of likely N-dealkylation sites (tertiary alicyclic amines) is 1. The zero-order valence-corrected chi connectivity index (χ0v) is 25.8. The van der Waals surface area contributed by atoms with E-state index >= 15 is 0 Å². The van der Waals surface area contributed by atoms with Gasteiger partial charge in [-0.25, -0.2) is 9.78 Å². The van der Waals surface area contributed by atoms with Gasteiger partial charge >= 0.3 is 6.09 Å². The number of aromatic nitrogens is 2. The van der Waals surface area contributed by atoms with Crippen LogP contribution in [0.1, 0.15) is 82.5 Å². The fourth-order valence-corrected chi connectivity index (χ4v) is 6.34. The van der Waals surface area contributed by atoms with Gasteiger partial charge in [-0.15, -0.1) is 0 Å². The Bertz CT molecular complexity index is 1410. The van der Waals surface area contributed by atoms with E-state index in [-0.39, 0.29) is 29.9 Å². The minimum absolute atomic E-state index is 0.0586. The minimum Gasteiger partial charge on any atom is -0.497 e. The van der Waals surface area contributed by atoms with Crippen LogP contribution in [-0.2, 0) is 21.4 Å². The molecule has 0 radical (unpaired) electrons. The van der Waals surface area contributed by atoms with Crippen LogP contribution in [0.5, 0.6) is 5.75 Å². The molecule has 1 saturated heterocycles. The molecule has 43 heavy (non-hydrogen) atoms. The largest absolute Gasteiger partial charge is 0.497 e. The molecule has 10 nitrogen and oxygen atoms in total. The molecule has 2 aliphatic rings. The summed E-state index contributed by atoms with van der Waals surface area (Å²) in [5.41, 5.74) is 2.59. The van der Waals surface area contributed by atoms with Gasteiger partial charge in [0.25, 0.3) is 0 Å². The molecule has 1 unspecified atom stereocenters. The first-order chi connectivity index (χ1) is 20.5. The van der Waals surface area contributed by atoms with Gasteiger partial charge < -0.3 is 24.8 Å². The molecule has 0 bridgehead atoms. The number of imidazole rings is 1. The predicted molar refractivity (Wildman–Crippen MR) is 164 cm³/mol. The van der Waals surface area contributed by atoms with Crippen molar-refractivity contribution < 1.29 is 24.2 Å². The van der Waals surface area contributed by atoms with Crippen molar-refractivity contribution in [2.45, 2.75) is 89.0 Å². The molecule has 3 aromatic rings. The highest BCUT2D eigenvalue weighted by Gasteiger charge is 2.35. The number of hydrogen-bond acceptors (Lipinski definition) is 7. The molecule has 2 amide bonds. The number of carbonyl (C=O) groups excluding carboxylic acids is 2. The maximum Gasteiger partial charge on any atom is 0.410 e. The Morgan fingerprint density at radius 1 is 1.12 bits per heavy atom. The third kappa shape index (κ3) is 7.48. The van der Waals surface area contributed by atoms with Gasteiger partial charge in [0.1, 0.15) is 23.2 Å². The summed E-state index contributed by atoms with van der Waals surface area (Å²) in [5, 5.41) is 17.8. The summed E-state index contributed by atoms with van der Waals surface area (Å²) >= 11 is 0. The summed E-state index contributed by atoms with van der Waals surface area (Å²) in [7, 11) is 1.68. The van der Waals surface area contributed by atoms with Gasteiger partial charge in [-0.3, -0.25) is 14.5 Å². The highest BCUT2D eigenvalue weighted by atomic mass is 16.6. The molecular weight excluding hydrogens is 546 g/mol. The lowest BCUT2D eigenvalue weighted by atomic mass is 9.69. The Morgan fingerprint density at radius 2 is 1.86 bits per heavy atom. The normalized spacial score (nSPS) is 19.3. The van der Waals surface area contributed by atoms with Crippen molar-refractivity contribution in [1.82, 2.24) is 24.9 Å². The predicted octanol–water partition coefficient (Wildman–Crippen LogP) is 4.49. The van der Waals surface area contributed by atoms with E-state index in [0.29, 0.717) is 43.1 Å². The second-order valence-corrected chi connectivity index (χ2v) is 12.9. The Kier molecular flexibility index (Phi) is 9.27. The van der Waals surface area contributed by atoms with Crippen LogP contribution in [0, 0.1) is 0 Å². The Labute approximate surface area is 253 Å². The highest BCUT2D eigenvalue weighted by molar-refractivity contribution is 5.79. The quantitative estimate of drug-likeness (QED) is 0.314. The van der Waals surface area contributed by atoms with Crippen molar-refractivity contribution in [2.24, 2.45) is 0 Å². The van der Waals surface area contributed by atoms with Crippen molar-refractivity contribution in [2.75, 3.05) is 26.7 Å². The second kappa shape index (κ2) is 12.9. The van der Waals surface area contributed by atoms with Crippen LogP contribution in [0.15, 0.2) is 48.7 Å². The molecule has 2 fully saturated rings. The first kappa shape index (κ1) is 30.8.